The summed E-state index contributed by atoms with van der Waals surface area (Å²) in [6.45, 7) is 1.71. The van der Waals surface area contributed by atoms with E-state index in [1.165, 1.54) is 0 Å². The summed E-state index contributed by atoms with van der Waals surface area (Å²) >= 11 is 0. The maximum Gasteiger partial charge on any atom is 0.224 e. The van der Waals surface area contributed by atoms with Crippen molar-refractivity contribution >= 4 is 11.6 Å². The van der Waals surface area contributed by atoms with Crippen LogP contribution in [0.25, 0.3) is 0 Å². The highest BCUT2D eigenvalue weighted by Gasteiger charge is 1.98. The Morgan fingerprint density at radius 2 is 1.93 bits per heavy atom. The minimum Gasteiger partial charge on any atom is -0.326 e. The first-order valence-electron chi connectivity index (χ1n) is 4.73. The Morgan fingerprint density at radius 3 is 2.43 bits per heavy atom. The molecule has 1 aromatic rings. The molecule has 0 spiro atoms. The van der Waals surface area contributed by atoms with E-state index in [-0.39, 0.29) is 12.5 Å². The van der Waals surface area contributed by atoms with E-state index >= 15 is 0 Å². The van der Waals surface area contributed by atoms with Gasteiger partial charge in [0.25, 0.3) is 0 Å². The van der Waals surface area contributed by atoms with Crippen LogP contribution in [0.5, 0.6) is 0 Å². The van der Waals surface area contributed by atoms with Crippen molar-refractivity contribution in [3.05, 3.63) is 29.8 Å². The second-order valence-corrected chi connectivity index (χ2v) is 3.05. The van der Waals surface area contributed by atoms with Gasteiger partial charge in [0.2, 0.25) is 5.91 Å². The monoisotopic (exact) mass is 192 g/mol. The Hall–Kier alpha value is -1.35. The van der Waals surface area contributed by atoms with Gasteiger partial charge in [0.15, 0.2) is 0 Å². The lowest BCUT2D eigenvalue weighted by Crippen LogP contribution is -2.09. The molecule has 14 heavy (non-hydrogen) atoms. The average Bonchev–Trinajstić information content (AvgIpc) is 2.21. The van der Waals surface area contributed by atoms with Crippen LogP contribution in [0.3, 0.4) is 0 Å². The van der Waals surface area contributed by atoms with Crippen molar-refractivity contribution < 1.29 is 9.90 Å². The number of carbonyl (C=O) groups excluding carboxylic acids is 1. The van der Waals surface area contributed by atoms with Crippen LogP contribution in [-0.4, -0.2) is 12.5 Å². The van der Waals surface area contributed by atoms with Gasteiger partial charge in [-0.15, -0.1) is 0 Å². The third-order valence-electron chi connectivity index (χ3n) is 1.95. The van der Waals surface area contributed by atoms with Crippen LogP contribution in [0.2, 0.25) is 0 Å². The largest absolute Gasteiger partial charge is 0.326 e. The van der Waals surface area contributed by atoms with Crippen LogP contribution in [0.15, 0.2) is 24.3 Å². The number of benzene rings is 1. The van der Waals surface area contributed by atoms with Gasteiger partial charge in [-0.3, -0.25) is 4.79 Å². The number of carbonyl (C=O) groups is 1. The molecule has 1 rings (SSSR count). The molecular formula is C11H14NO2. The van der Waals surface area contributed by atoms with Crippen LogP contribution in [0, 0.1) is 0 Å². The normalized spacial score (nSPS) is 9.86. The molecule has 0 aromatic heterocycles. The summed E-state index contributed by atoms with van der Waals surface area (Å²) in [4.78, 5) is 11.0. The number of rotatable bonds is 4. The topological polar surface area (TPSA) is 49.0 Å². The maximum atomic E-state index is 11.0. The molecule has 0 saturated heterocycles. The smallest absolute Gasteiger partial charge is 0.224 e. The molecule has 0 saturated carbocycles. The number of hydrogen-bond acceptors (Lipinski definition) is 1. The highest BCUT2D eigenvalue weighted by molar-refractivity contribution is 5.90. The molecule has 0 unspecified atom stereocenters. The van der Waals surface area contributed by atoms with Gasteiger partial charge in [-0.25, -0.2) is 5.11 Å². The zero-order valence-corrected chi connectivity index (χ0v) is 8.25. The van der Waals surface area contributed by atoms with Crippen molar-refractivity contribution in [1.29, 1.82) is 0 Å². The van der Waals surface area contributed by atoms with Crippen molar-refractivity contribution in [2.45, 2.75) is 19.8 Å². The highest BCUT2D eigenvalue weighted by Crippen LogP contribution is 2.10. The Balaban J connectivity index is 2.59. The lowest BCUT2D eigenvalue weighted by atomic mass is 10.1. The Morgan fingerprint density at radius 1 is 1.29 bits per heavy atom. The minimum atomic E-state index is -0.0966. The van der Waals surface area contributed by atoms with E-state index in [0.717, 1.165) is 11.3 Å². The van der Waals surface area contributed by atoms with Crippen molar-refractivity contribution in [2.24, 2.45) is 0 Å². The van der Waals surface area contributed by atoms with Gasteiger partial charge >= 0.3 is 0 Å². The number of amides is 1. The first kappa shape index (κ1) is 10.7. The van der Waals surface area contributed by atoms with Crippen molar-refractivity contribution in [2.75, 3.05) is 11.9 Å². The van der Waals surface area contributed by atoms with E-state index in [4.69, 9.17) is 0 Å². The molecule has 1 aromatic carbocycles. The summed E-state index contributed by atoms with van der Waals surface area (Å²) < 4.78 is 0. The van der Waals surface area contributed by atoms with E-state index in [1.54, 1.807) is 6.92 Å². The van der Waals surface area contributed by atoms with Gasteiger partial charge in [-0.1, -0.05) is 19.1 Å². The van der Waals surface area contributed by atoms with Gasteiger partial charge in [-0.2, -0.15) is 0 Å². The second kappa shape index (κ2) is 5.40. The fourth-order valence-electron chi connectivity index (χ4n) is 1.12. The minimum absolute atomic E-state index is 0.00146. The van der Waals surface area contributed by atoms with Gasteiger partial charge in [0.05, 0.1) is 6.61 Å². The molecule has 0 bridgehead atoms. The standard InChI is InChI=1S/C11H14NO2/c1-2-11(14)12-10-5-3-9(4-6-10)7-8-13/h3-6H,2,7-8H2,1H3,(H,12,14). The molecule has 0 aliphatic heterocycles. The average molecular weight is 192 g/mol. The van der Waals surface area contributed by atoms with E-state index in [9.17, 15) is 9.90 Å². The van der Waals surface area contributed by atoms with Gasteiger partial charge in [0, 0.05) is 12.1 Å². The first-order valence-corrected chi connectivity index (χ1v) is 4.73. The Labute approximate surface area is 83.8 Å². The summed E-state index contributed by atoms with van der Waals surface area (Å²) in [5.41, 5.74) is 1.79. The zero-order valence-electron chi connectivity index (χ0n) is 8.25. The van der Waals surface area contributed by atoms with Gasteiger partial charge in [0.1, 0.15) is 0 Å². The van der Waals surface area contributed by atoms with Gasteiger partial charge in [-0.05, 0) is 24.1 Å². The predicted octanol–water partition coefficient (Wildman–Crippen LogP) is 2.01. The van der Waals surface area contributed by atoms with E-state index in [2.05, 4.69) is 5.32 Å². The fraction of sp³-hybridized carbons (Fsp3) is 0.364. The fourth-order valence-corrected chi connectivity index (χ4v) is 1.12. The Bertz CT molecular complexity index is 293. The summed E-state index contributed by atoms with van der Waals surface area (Å²) in [5.74, 6) is 0.00146. The third-order valence-corrected chi connectivity index (χ3v) is 1.95. The molecule has 3 heteroatoms. The highest BCUT2D eigenvalue weighted by atomic mass is 16.2. The molecule has 75 valence electrons. The van der Waals surface area contributed by atoms with Crippen LogP contribution in [0.4, 0.5) is 5.69 Å². The lowest BCUT2D eigenvalue weighted by Gasteiger charge is -2.04. The van der Waals surface area contributed by atoms with Crippen molar-refractivity contribution in [3.8, 4) is 0 Å². The summed E-state index contributed by atoms with van der Waals surface area (Å²) in [6, 6.07) is 7.36. The molecule has 3 nitrogen and oxygen atoms in total. The zero-order chi connectivity index (χ0) is 10.4. The molecule has 0 atom stereocenters. The molecular weight excluding hydrogens is 178 g/mol. The molecule has 1 radical (unpaired) electrons. The Kier molecular flexibility index (Phi) is 4.13. The van der Waals surface area contributed by atoms with Gasteiger partial charge < -0.3 is 5.32 Å². The number of anilines is 1. The van der Waals surface area contributed by atoms with Crippen molar-refractivity contribution in [1.82, 2.24) is 0 Å². The van der Waals surface area contributed by atoms with E-state index in [1.807, 2.05) is 24.3 Å². The first-order chi connectivity index (χ1) is 6.76. The van der Waals surface area contributed by atoms with E-state index in [0.29, 0.717) is 12.8 Å². The predicted molar refractivity (Wildman–Crippen MR) is 54.6 cm³/mol. The summed E-state index contributed by atoms with van der Waals surface area (Å²) in [6.07, 6.45) is 1.02. The molecule has 1 N–H and O–H groups in total. The second-order valence-electron chi connectivity index (χ2n) is 3.05. The summed E-state index contributed by atoms with van der Waals surface area (Å²) in [7, 11) is 0. The molecule has 0 aliphatic rings. The number of hydrogen-bond donors (Lipinski definition) is 1. The van der Waals surface area contributed by atoms with Crippen LogP contribution < -0.4 is 5.32 Å². The molecule has 0 aliphatic carbocycles. The molecule has 0 fully saturated rings. The SMILES string of the molecule is CCC(=O)Nc1ccc(CC[O])cc1. The quantitative estimate of drug-likeness (QED) is 0.779. The number of nitrogens with one attached hydrogen (secondary N) is 1. The van der Waals surface area contributed by atoms with Crippen molar-refractivity contribution in [3.63, 3.8) is 0 Å². The maximum absolute atomic E-state index is 11.0. The van der Waals surface area contributed by atoms with Crippen LogP contribution in [0.1, 0.15) is 18.9 Å². The molecule has 1 amide bonds. The lowest BCUT2D eigenvalue weighted by molar-refractivity contribution is -0.115. The van der Waals surface area contributed by atoms with E-state index < -0.39 is 0 Å². The third kappa shape index (κ3) is 3.18. The summed E-state index contributed by atoms with van der Waals surface area (Å²) in [5, 5.41) is 13.1. The van der Waals surface area contributed by atoms with Crippen LogP contribution in [-0.2, 0) is 16.3 Å². The van der Waals surface area contributed by atoms with Crippen LogP contribution >= 0.6 is 0 Å². The molecule has 0 heterocycles.